The van der Waals surface area contributed by atoms with Gasteiger partial charge in [-0.05, 0) is 39.5 Å². The van der Waals surface area contributed by atoms with Gasteiger partial charge in [0, 0.05) is 37.6 Å². The van der Waals surface area contributed by atoms with Crippen molar-refractivity contribution in [3.8, 4) is 11.8 Å². The summed E-state index contributed by atoms with van der Waals surface area (Å²) in [5.41, 5.74) is 5.04. The predicted octanol–water partition coefficient (Wildman–Crippen LogP) is 1.80. The number of carbonyl (C=O) groups excluding carboxylic acids is 1. The number of nitrogens with zero attached hydrogens (tertiary/aromatic N) is 6. The van der Waals surface area contributed by atoms with Crippen molar-refractivity contribution in [3.63, 3.8) is 0 Å². The van der Waals surface area contributed by atoms with Gasteiger partial charge in [-0.15, -0.1) is 0 Å². The Bertz CT molecular complexity index is 1180. The maximum atomic E-state index is 11.5. The number of imidazole rings is 1. The number of morpholine rings is 1. The van der Waals surface area contributed by atoms with Crippen LogP contribution in [0.1, 0.15) is 39.5 Å². The standard InChI is InChI=1S/C24H32N8O4/c1-24(2,21(25)33)36-18-14-27-22(28-15-18)29-16-3-5-17(6-4-16)35-23-30-20(31-9-11-34-12-10-31)13-19-26-7-8-32(19)23/h7-8,13-17H,3-6,9-12H2,1-2H3,(H2,25,33)(H,27,28,29). The number of rotatable bonds is 8. The molecule has 36 heavy (non-hydrogen) atoms. The molecule has 12 nitrogen and oxygen atoms in total. The SMILES string of the molecule is CC(C)(Oc1cnc(NC2CCC(Oc3nc(N4CCOCC4)cc4nccn34)CC2)nc1)C(N)=O. The minimum absolute atomic E-state index is 0.0637. The van der Waals surface area contributed by atoms with Crippen molar-refractivity contribution in [2.45, 2.75) is 57.3 Å². The molecule has 3 aromatic rings. The van der Waals surface area contributed by atoms with E-state index < -0.39 is 11.5 Å². The Morgan fingerprint density at radius 1 is 1.14 bits per heavy atom. The Morgan fingerprint density at radius 2 is 1.86 bits per heavy atom. The molecule has 1 saturated carbocycles. The summed E-state index contributed by atoms with van der Waals surface area (Å²) < 4.78 is 19.3. The predicted molar refractivity (Wildman–Crippen MR) is 132 cm³/mol. The molecule has 12 heteroatoms. The van der Waals surface area contributed by atoms with Gasteiger partial charge in [-0.3, -0.25) is 9.20 Å². The van der Waals surface area contributed by atoms with Crippen LogP contribution in [0.15, 0.2) is 30.9 Å². The molecule has 0 unspecified atom stereocenters. The molecule has 2 aliphatic rings. The summed E-state index contributed by atoms with van der Waals surface area (Å²) in [4.78, 5) is 31.6. The molecule has 4 heterocycles. The fourth-order valence-corrected chi connectivity index (χ4v) is 4.37. The molecular weight excluding hydrogens is 464 g/mol. The highest BCUT2D eigenvalue weighted by molar-refractivity contribution is 5.82. The van der Waals surface area contributed by atoms with E-state index in [-0.39, 0.29) is 12.1 Å². The first-order chi connectivity index (χ1) is 17.4. The molecule has 1 aliphatic carbocycles. The second kappa shape index (κ2) is 10.1. The van der Waals surface area contributed by atoms with Gasteiger partial charge in [0.05, 0.1) is 25.6 Å². The Kier molecular flexibility index (Phi) is 6.77. The van der Waals surface area contributed by atoms with Crippen LogP contribution in [-0.4, -0.2) is 74.3 Å². The summed E-state index contributed by atoms with van der Waals surface area (Å²) in [5.74, 6) is 1.22. The monoisotopic (exact) mass is 496 g/mol. The lowest BCUT2D eigenvalue weighted by Crippen LogP contribution is -2.43. The fraction of sp³-hybridized carbons (Fsp3) is 0.542. The number of hydrogen-bond donors (Lipinski definition) is 2. The smallest absolute Gasteiger partial charge is 0.304 e. The lowest BCUT2D eigenvalue weighted by molar-refractivity contribution is -0.130. The molecule has 1 aliphatic heterocycles. The molecule has 0 bridgehead atoms. The van der Waals surface area contributed by atoms with Crippen LogP contribution in [0.5, 0.6) is 11.8 Å². The molecule has 3 N–H and O–H groups in total. The van der Waals surface area contributed by atoms with Crippen molar-refractivity contribution in [3.05, 3.63) is 30.9 Å². The van der Waals surface area contributed by atoms with Gasteiger partial charge in [-0.25, -0.2) is 15.0 Å². The molecule has 2 fully saturated rings. The lowest BCUT2D eigenvalue weighted by Gasteiger charge is -2.30. The number of aromatic nitrogens is 5. The molecule has 1 amide bonds. The van der Waals surface area contributed by atoms with Gasteiger partial charge < -0.3 is 30.2 Å². The van der Waals surface area contributed by atoms with Crippen LogP contribution in [-0.2, 0) is 9.53 Å². The van der Waals surface area contributed by atoms with Crippen LogP contribution in [0.25, 0.3) is 5.65 Å². The van der Waals surface area contributed by atoms with E-state index in [2.05, 4.69) is 25.2 Å². The Hall–Kier alpha value is -3.67. The molecule has 0 aromatic carbocycles. The van der Waals surface area contributed by atoms with Gasteiger partial charge in [0.1, 0.15) is 17.6 Å². The van der Waals surface area contributed by atoms with E-state index in [1.54, 1.807) is 20.0 Å². The van der Waals surface area contributed by atoms with Crippen LogP contribution in [0, 0.1) is 0 Å². The van der Waals surface area contributed by atoms with Gasteiger partial charge >= 0.3 is 6.01 Å². The van der Waals surface area contributed by atoms with E-state index in [1.165, 1.54) is 12.4 Å². The van der Waals surface area contributed by atoms with Gasteiger partial charge in [0.15, 0.2) is 11.4 Å². The number of nitrogens with one attached hydrogen (secondary N) is 1. The van der Waals surface area contributed by atoms with E-state index in [9.17, 15) is 4.79 Å². The number of nitrogens with two attached hydrogens (primary N) is 1. The quantitative estimate of drug-likeness (QED) is 0.474. The van der Waals surface area contributed by atoms with Crippen LogP contribution >= 0.6 is 0 Å². The third-order valence-electron chi connectivity index (χ3n) is 6.55. The number of anilines is 2. The van der Waals surface area contributed by atoms with E-state index in [0.717, 1.165) is 50.2 Å². The Balaban J connectivity index is 1.17. The molecular formula is C24H32N8O4. The highest BCUT2D eigenvalue weighted by Gasteiger charge is 2.28. The topological polar surface area (TPSA) is 142 Å². The van der Waals surface area contributed by atoms with Crippen molar-refractivity contribution in [2.24, 2.45) is 5.73 Å². The van der Waals surface area contributed by atoms with Crippen LogP contribution < -0.4 is 25.4 Å². The van der Waals surface area contributed by atoms with Crippen molar-refractivity contribution < 1.29 is 19.0 Å². The van der Waals surface area contributed by atoms with Gasteiger partial charge in [-0.2, -0.15) is 4.98 Å². The second-order valence-electron chi connectivity index (χ2n) is 9.61. The molecule has 3 aromatic heterocycles. The number of fused-ring (bicyclic) bond motifs is 1. The van der Waals surface area contributed by atoms with Crippen molar-refractivity contribution >= 4 is 23.3 Å². The highest BCUT2D eigenvalue weighted by Crippen LogP contribution is 2.27. The summed E-state index contributed by atoms with van der Waals surface area (Å²) in [5, 5.41) is 3.38. The zero-order valence-corrected chi connectivity index (χ0v) is 20.6. The Morgan fingerprint density at radius 3 is 2.56 bits per heavy atom. The molecule has 0 radical (unpaired) electrons. The van der Waals surface area contributed by atoms with Crippen molar-refractivity contribution in [2.75, 3.05) is 36.5 Å². The maximum absolute atomic E-state index is 11.5. The largest absolute Gasteiger partial charge is 0.475 e. The van der Waals surface area contributed by atoms with Crippen LogP contribution in [0.2, 0.25) is 0 Å². The van der Waals surface area contributed by atoms with Crippen LogP contribution in [0.3, 0.4) is 0 Å². The Labute approximate surface area is 209 Å². The van der Waals surface area contributed by atoms with Crippen molar-refractivity contribution in [1.82, 2.24) is 24.3 Å². The van der Waals surface area contributed by atoms with Gasteiger partial charge in [0.2, 0.25) is 5.95 Å². The summed E-state index contributed by atoms with van der Waals surface area (Å²) in [6.45, 7) is 6.21. The minimum Gasteiger partial charge on any atom is -0.475 e. The van der Waals surface area contributed by atoms with Gasteiger partial charge in [-0.1, -0.05) is 0 Å². The average molecular weight is 497 g/mol. The summed E-state index contributed by atoms with van der Waals surface area (Å²) in [6, 6.07) is 2.80. The second-order valence-corrected chi connectivity index (χ2v) is 9.61. The third-order valence-corrected chi connectivity index (χ3v) is 6.55. The number of primary amides is 1. The first-order valence-corrected chi connectivity index (χ1v) is 12.3. The summed E-state index contributed by atoms with van der Waals surface area (Å²) in [7, 11) is 0. The van der Waals surface area contributed by atoms with Gasteiger partial charge in [0.25, 0.3) is 5.91 Å². The van der Waals surface area contributed by atoms with E-state index in [0.29, 0.717) is 30.9 Å². The molecule has 1 saturated heterocycles. The first-order valence-electron chi connectivity index (χ1n) is 12.3. The molecule has 0 spiro atoms. The normalized spacial score (nSPS) is 20.8. The lowest BCUT2D eigenvalue weighted by atomic mass is 9.93. The number of hydrogen-bond acceptors (Lipinski definition) is 10. The fourth-order valence-electron chi connectivity index (χ4n) is 4.37. The van der Waals surface area contributed by atoms with E-state index in [4.69, 9.17) is 24.9 Å². The summed E-state index contributed by atoms with van der Waals surface area (Å²) >= 11 is 0. The molecule has 192 valence electrons. The summed E-state index contributed by atoms with van der Waals surface area (Å²) in [6.07, 6.45) is 10.4. The van der Waals surface area contributed by atoms with Crippen LogP contribution in [0.4, 0.5) is 11.8 Å². The number of carbonyl (C=O) groups is 1. The van der Waals surface area contributed by atoms with E-state index in [1.807, 2.05) is 16.7 Å². The number of ether oxygens (including phenoxy) is 3. The number of amides is 1. The zero-order valence-electron chi connectivity index (χ0n) is 20.6. The molecule has 0 atom stereocenters. The first kappa shape index (κ1) is 24.0. The average Bonchev–Trinajstić information content (AvgIpc) is 3.36. The van der Waals surface area contributed by atoms with E-state index >= 15 is 0 Å². The highest BCUT2D eigenvalue weighted by atomic mass is 16.5. The molecule has 5 rings (SSSR count). The maximum Gasteiger partial charge on any atom is 0.304 e. The van der Waals surface area contributed by atoms with Crippen molar-refractivity contribution in [1.29, 1.82) is 0 Å². The minimum atomic E-state index is -1.13. The third kappa shape index (κ3) is 5.43. The zero-order chi connectivity index (χ0) is 25.1.